The summed E-state index contributed by atoms with van der Waals surface area (Å²) in [6.07, 6.45) is 0. The number of nitrogens with zero attached hydrogens (tertiary/aromatic N) is 2. The number of hydrogen-bond acceptors (Lipinski definition) is 7. The van der Waals surface area contributed by atoms with Gasteiger partial charge in [-0.25, -0.2) is 10.6 Å². The van der Waals surface area contributed by atoms with E-state index in [0.29, 0.717) is 0 Å². The molecule has 110 valence electrons. The quantitative estimate of drug-likeness (QED) is 0.504. The second kappa shape index (κ2) is 5.34. The fraction of sp³-hybridized carbons (Fsp3) is 0. The highest BCUT2D eigenvalue weighted by Gasteiger charge is 2.21. The van der Waals surface area contributed by atoms with Crippen molar-refractivity contribution in [2.75, 3.05) is 5.43 Å². The van der Waals surface area contributed by atoms with Gasteiger partial charge in [0.2, 0.25) is 0 Å². The molecule has 0 unspecified atom stereocenters. The van der Waals surface area contributed by atoms with Crippen molar-refractivity contribution in [3.63, 3.8) is 0 Å². The van der Waals surface area contributed by atoms with Crippen molar-refractivity contribution in [1.29, 1.82) is 0 Å². The van der Waals surface area contributed by atoms with Gasteiger partial charge < -0.3 is 10.5 Å². The maximum atomic E-state index is 12.3. The number of hydrazine groups is 1. The molecule has 0 aliphatic rings. The number of nitrogen functional groups attached to an aromatic ring is 1. The van der Waals surface area contributed by atoms with Crippen LogP contribution in [0.25, 0.3) is 0 Å². The third-order valence-corrected chi connectivity index (χ3v) is 4.09. The summed E-state index contributed by atoms with van der Waals surface area (Å²) < 4.78 is 24.9. The van der Waals surface area contributed by atoms with E-state index in [1.807, 2.05) is 0 Å². The first kappa shape index (κ1) is 14.7. The summed E-state index contributed by atoms with van der Waals surface area (Å²) in [5, 5.41) is 12.4. The molecule has 1 aromatic heterocycles. The number of carboxylic acid groups (broad SMARTS) is 1. The molecule has 0 fully saturated rings. The molecule has 2 aromatic rings. The number of anilines is 1. The Morgan fingerprint density at radius 3 is 2.62 bits per heavy atom. The molecule has 2 rings (SSSR count). The Hall–Kier alpha value is -2.72. The average molecular weight is 310 g/mol. The van der Waals surface area contributed by atoms with Crippen LogP contribution in [0.3, 0.4) is 0 Å². The van der Waals surface area contributed by atoms with Gasteiger partial charge >= 0.3 is 5.97 Å². The largest absolute Gasteiger partial charge is 0.478 e. The van der Waals surface area contributed by atoms with Crippen LogP contribution < -0.4 is 16.8 Å². The van der Waals surface area contributed by atoms with E-state index in [1.54, 1.807) is 0 Å². The van der Waals surface area contributed by atoms with Gasteiger partial charge in [0.05, 0.1) is 10.5 Å². The molecule has 4 N–H and O–H groups in total. The van der Waals surface area contributed by atoms with Crippen molar-refractivity contribution in [3.05, 3.63) is 52.3 Å². The Morgan fingerprint density at radius 1 is 1.29 bits per heavy atom. The molecule has 1 aromatic carbocycles. The van der Waals surface area contributed by atoms with Crippen molar-refractivity contribution in [1.82, 2.24) is 9.19 Å². The Balaban J connectivity index is 2.65. The maximum Gasteiger partial charge on any atom is 0.335 e. The SMILES string of the molecule is NNc1ccc(=O)n(S(=O)(=O)c2cccc(C(=O)O)c2)n1. The van der Waals surface area contributed by atoms with Crippen LogP contribution in [-0.2, 0) is 10.0 Å². The van der Waals surface area contributed by atoms with Crippen molar-refractivity contribution in [2.24, 2.45) is 5.84 Å². The van der Waals surface area contributed by atoms with E-state index < -0.39 is 21.6 Å². The van der Waals surface area contributed by atoms with Gasteiger partial charge in [0.1, 0.15) is 0 Å². The number of rotatable bonds is 4. The minimum absolute atomic E-state index is 0.0347. The lowest BCUT2D eigenvalue weighted by atomic mass is 10.2. The molecule has 0 radical (unpaired) electrons. The van der Waals surface area contributed by atoms with Crippen molar-refractivity contribution < 1.29 is 18.3 Å². The summed E-state index contributed by atoms with van der Waals surface area (Å²) in [5.41, 5.74) is 1.000. The van der Waals surface area contributed by atoms with E-state index in [1.165, 1.54) is 24.3 Å². The molecule has 0 aliphatic carbocycles. The lowest BCUT2D eigenvalue weighted by Crippen LogP contribution is -2.30. The molecule has 21 heavy (non-hydrogen) atoms. The highest BCUT2D eigenvalue weighted by Crippen LogP contribution is 2.14. The third kappa shape index (κ3) is 2.75. The van der Waals surface area contributed by atoms with Gasteiger partial charge in [-0.3, -0.25) is 4.79 Å². The average Bonchev–Trinajstić information content (AvgIpc) is 2.47. The number of aromatic nitrogens is 2. The molecular weight excluding hydrogens is 300 g/mol. The molecule has 1 heterocycles. The summed E-state index contributed by atoms with van der Waals surface area (Å²) in [6, 6.07) is 6.78. The molecule has 0 amide bonds. The van der Waals surface area contributed by atoms with E-state index in [9.17, 15) is 18.0 Å². The zero-order valence-electron chi connectivity index (χ0n) is 10.4. The molecule has 0 spiro atoms. The first-order chi connectivity index (χ1) is 9.86. The van der Waals surface area contributed by atoms with Crippen LogP contribution in [-0.4, -0.2) is 28.7 Å². The second-order valence-electron chi connectivity index (χ2n) is 3.88. The van der Waals surface area contributed by atoms with Crippen LogP contribution in [0.15, 0.2) is 46.1 Å². The van der Waals surface area contributed by atoms with Gasteiger partial charge in [-0.2, -0.15) is 8.42 Å². The first-order valence-corrected chi connectivity index (χ1v) is 6.96. The van der Waals surface area contributed by atoms with E-state index in [-0.39, 0.29) is 20.4 Å². The minimum Gasteiger partial charge on any atom is -0.478 e. The summed E-state index contributed by atoms with van der Waals surface area (Å²) in [7, 11) is -4.32. The van der Waals surface area contributed by atoms with Crippen molar-refractivity contribution in [2.45, 2.75) is 4.90 Å². The third-order valence-electron chi connectivity index (χ3n) is 2.53. The molecule has 0 atom stereocenters. The van der Waals surface area contributed by atoms with Crippen LogP contribution in [0.1, 0.15) is 10.4 Å². The summed E-state index contributed by atoms with van der Waals surface area (Å²) >= 11 is 0. The Labute approximate surface area is 118 Å². The zero-order chi connectivity index (χ0) is 15.6. The number of carboxylic acids is 1. The second-order valence-corrected chi connectivity index (χ2v) is 5.65. The van der Waals surface area contributed by atoms with E-state index in [2.05, 4.69) is 10.5 Å². The van der Waals surface area contributed by atoms with Crippen LogP contribution in [0.4, 0.5) is 5.82 Å². The molecule has 9 nitrogen and oxygen atoms in total. The molecule has 0 bridgehead atoms. The normalized spacial score (nSPS) is 11.1. The predicted octanol–water partition coefficient (Wildman–Crippen LogP) is -0.536. The standard InChI is InChI=1S/C11H10N4O5S/c12-13-9-4-5-10(16)15(14-9)21(19,20)8-3-1-2-7(6-8)11(17)18/h1-6H,12H2,(H,13,14)(H,17,18). The van der Waals surface area contributed by atoms with Gasteiger partial charge in [0, 0.05) is 6.07 Å². The Kier molecular flexibility index (Phi) is 3.74. The van der Waals surface area contributed by atoms with Crippen molar-refractivity contribution in [3.8, 4) is 0 Å². The summed E-state index contributed by atoms with van der Waals surface area (Å²) in [5.74, 6) is 3.79. The Bertz CT molecular complexity index is 859. The van der Waals surface area contributed by atoms with Gasteiger partial charge in [-0.1, -0.05) is 6.07 Å². The van der Waals surface area contributed by atoms with Gasteiger partial charge in [-0.05, 0) is 24.3 Å². The minimum atomic E-state index is -4.32. The fourth-order valence-corrected chi connectivity index (χ4v) is 2.75. The topological polar surface area (TPSA) is 144 Å². The molecule has 0 saturated heterocycles. The number of aromatic carboxylic acids is 1. The van der Waals surface area contributed by atoms with Crippen molar-refractivity contribution >= 4 is 21.8 Å². The Morgan fingerprint density at radius 2 is 2.00 bits per heavy atom. The van der Waals surface area contributed by atoms with Gasteiger partial charge in [-0.15, -0.1) is 9.19 Å². The van der Waals surface area contributed by atoms with Crippen LogP contribution in [0, 0.1) is 0 Å². The zero-order valence-corrected chi connectivity index (χ0v) is 11.2. The number of benzene rings is 1. The van der Waals surface area contributed by atoms with Gasteiger partial charge in [0.25, 0.3) is 15.6 Å². The van der Waals surface area contributed by atoms with Gasteiger partial charge in [0.15, 0.2) is 5.82 Å². The number of hydrogen-bond donors (Lipinski definition) is 3. The smallest absolute Gasteiger partial charge is 0.335 e. The van der Waals surface area contributed by atoms with Crippen LogP contribution in [0.2, 0.25) is 0 Å². The predicted molar refractivity (Wildman–Crippen MR) is 72.3 cm³/mol. The summed E-state index contributed by atoms with van der Waals surface area (Å²) in [4.78, 5) is 22.2. The summed E-state index contributed by atoms with van der Waals surface area (Å²) in [6.45, 7) is 0. The van der Waals surface area contributed by atoms with E-state index >= 15 is 0 Å². The molecular formula is C11H10N4O5S. The number of nitrogens with two attached hydrogens (primary N) is 1. The fourth-order valence-electron chi connectivity index (χ4n) is 1.53. The lowest BCUT2D eigenvalue weighted by Gasteiger charge is -2.08. The molecule has 0 aliphatic heterocycles. The number of carbonyl (C=O) groups is 1. The highest BCUT2D eigenvalue weighted by atomic mass is 32.2. The van der Waals surface area contributed by atoms with Crippen LogP contribution >= 0.6 is 0 Å². The van der Waals surface area contributed by atoms with E-state index in [0.717, 1.165) is 12.1 Å². The molecule has 10 heteroatoms. The maximum absolute atomic E-state index is 12.3. The van der Waals surface area contributed by atoms with Crippen LogP contribution in [0.5, 0.6) is 0 Å². The molecule has 0 saturated carbocycles. The first-order valence-electron chi connectivity index (χ1n) is 5.52. The van der Waals surface area contributed by atoms with E-state index in [4.69, 9.17) is 10.9 Å². The highest BCUT2D eigenvalue weighted by molar-refractivity contribution is 7.89. The lowest BCUT2D eigenvalue weighted by molar-refractivity contribution is 0.0696. The number of nitrogens with one attached hydrogen (secondary N) is 1. The monoisotopic (exact) mass is 310 g/mol.